The fourth-order valence-electron chi connectivity index (χ4n) is 3.70. The first kappa shape index (κ1) is 18.3. The third kappa shape index (κ3) is 3.66. The first-order valence-corrected chi connectivity index (χ1v) is 9.66. The van der Waals surface area contributed by atoms with Gasteiger partial charge in [-0.2, -0.15) is 0 Å². The van der Waals surface area contributed by atoms with Gasteiger partial charge in [-0.05, 0) is 55.8 Å². The molecule has 4 nitrogen and oxygen atoms in total. The first-order valence-electron chi connectivity index (χ1n) is 9.28. The summed E-state index contributed by atoms with van der Waals surface area (Å²) in [5.41, 5.74) is 1.78. The molecule has 0 aromatic heterocycles. The van der Waals surface area contributed by atoms with Gasteiger partial charge in [0.25, 0.3) is 0 Å². The van der Waals surface area contributed by atoms with E-state index in [0.29, 0.717) is 10.7 Å². The molecule has 0 unspecified atom stereocenters. The lowest BCUT2D eigenvalue weighted by molar-refractivity contribution is -0.118. The SMILES string of the molecule is CN1CCN(c2ccc(NC(=O)C3(c4cccc(F)c4)CC3)cc2Cl)CC1. The molecule has 1 amide bonds. The Hall–Kier alpha value is -2.11. The standard InChI is InChI=1S/C21H23ClFN3O/c1-25-9-11-26(12-10-25)19-6-5-17(14-18(19)22)24-20(27)21(7-8-21)15-3-2-4-16(23)13-15/h2-6,13-14H,7-12H2,1H3,(H,24,27). The van der Waals surface area contributed by atoms with Gasteiger partial charge in [-0.25, -0.2) is 4.39 Å². The molecule has 1 saturated heterocycles. The van der Waals surface area contributed by atoms with E-state index in [4.69, 9.17) is 11.6 Å². The molecular weight excluding hydrogens is 365 g/mol. The molecule has 1 N–H and O–H groups in total. The van der Waals surface area contributed by atoms with Crippen LogP contribution in [0.15, 0.2) is 42.5 Å². The van der Waals surface area contributed by atoms with Gasteiger partial charge in [0.2, 0.25) is 5.91 Å². The topological polar surface area (TPSA) is 35.6 Å². The molecule has 1 aliphatic carbocycles. The minimum absolute atomic E-state index is 0.100. The fourth-order valence-corrected chi connectivity index (χ4v) is 4.00. The maximum atomic E-state index is 13.6. The monoisotopic (exact) mass is 387 g/mol. The number of rotatable bonds is 4. The molecule has 0 bridgehead atoms. The second-order valence-corrected chi connectivity index (χ2v) is 7.91. The Morgan fingerprint density at radius 2 is 1.85 bits per heavy atom. The van der Waals surface area contributed by atoms with E-state index in [0.717, 1.165) is 50.3 Å². The molecule has 27 heavy (non-hydrogen) atoms. The highest BCUT2D eigenvalue weighted by Gasteiger charge is 2.51. The Labute approximate surface area is 163 Å². The van der Waals surface area contributed by atoms with Gasteiger partial charge in [0.05, 0.1) is 16.1 Å². The molecule has 2 aromatic rings. The molecule has 0 spiro atoms. The number of carbonyl (C=O) groups is 1. The van der Waals surface area contributed by atoms with Crippen molar-refractivity contribution in [1.82, 2.24) is 4.90 Å². The van der Waals surface area contributed by atoms with E-state index in [2.05, 4.69) is 22.2 Å². The van der Waals surface area contributed by atoms with Crippen molar-refractivity contribution >= 4 is 28.9 Å². The second-order valence-electron chi connectivity index (χ2n) is 7.50. The number of carbonyl (C=O) groups excluding carboxylic acids is 1. The van der Waals surface area contributed by atoms with E-state index in [1.54, 1.807) is 12.1 Å². The van der Waals surface area contributed by atoms with E-state index in [1.807, 2.05) is 18.2 Å². The van der Waals surface area contributed by atoms with Gasteiger partial charge in [-0.1, -0.05) is 23.7 Å². The third-order valence-corrected chi connectivity index (χ3v) is 5.91. The molecule has 4 rings (SSSR count). The Balaban J connectivity index is 1.48. The van der Waals surface area contributed by atoms with Crippen molar-refractivity contribution in [3.63, 3.8) is 0 Å². The molecule has 1 aliphatic heterocycles. The van der Waals surface area contributed by atoms with Crippen molar-refractivity contribution < 1.29 is 9.18 Å². The Morgan fingerprint density at radius 3 is 2.48 bits per heavy atom. The average Bonchev–Trinajstić information content (AvgIpc) is 3.45. The lowest BCUT2D eigenvalue weighted by Crippen LogP contribution is -2.44. The highest BCUT2D eigenvalue weighted by Crippen LogP contribution is 2.49. The molecule has 0 radical (unpaired) electrons. The second kappa shape index (κ2) is 7.13. The van der Waals surface area contributed by atoms with Crippen molar-refractivity contribution in [1.29, 1.82) is 0 Å². The van der Waals surface area contributed by atoms with Crippen molar-refractivity contribution in [3.8, 4) is 0 Å². The number of likely N-dealkylation sites (N-methyl/N-ethyl adjacent to an activating group) is 1. The Morgan fingerprint density at radius 1 is 1.11 bits per heavy atom. The third-order valence-electron chi connectivity index (χ3n) is 5.61. The van der Waals surface area contributed by atoms with Gasteiger partial charge in [-0.15, -0.1) is 0 Å². The van der Waals surface area contributed by atoms with Crippen LogP contribution in [0.25, 0.3) is 0 Å². The van der Waals surface area contributed by atoms with Gasteiger partial charge < -0.3 is 15.1 Å². The average molecular weight is 388 g/mol. The predicted octanol–water partition coefficient (Wildman–Crippen LogP) is 3.90. The summed E-state index contributed by atoms with van der Waals surface area (Å²) in [4.78, 5) is 17.4. The largest absolute Gasteiger partial charge is 0.368 e. The van der Waals surface area contributed by atoms with Crippen LogP contribution in [0.3, 0.4) is 0 Å². The highest BCUT2D eigenvalue weighted by molar-refractivity contribution is 6.33. The highest BCUT2D eigenvalue weighted by atomic mass is 35.5. The Kier molecular flexibility index (Phi) is 4.82. The smallest absolute Gasteiger partial charge is 0.235 e. The molecular formula is C21H23ClFN3O. The van der Waals surface area contributed by atoms with Gasteiger partial charge in [0.15, 0.2) is 0 Å². The zero-order valence-electron chi connectivity index (χ0n) is 15.3. The summed E-state index contributed by atoms with van der Waals surface area (Å²) in [6.45, 7) is 3.88. The van der Waals surface area contributed by atoms with Gasteiger partial charge in [0.1, 0.15) is 5.82 Å². The van der Waals surface area contributed by atoms with E-state index >= 15 is 0 Å². The molecule has 6 heteroatoms. The van der Waals surface area contributed by atoms with Crippen molar-refractivity contribution in [2.24, 2.45) is 0 Å². The van der Waals surface area contributed by atoms with Crippen LogP contribution < -0.4 is 10.2 Å². The molecule has 2 aromatic carbocycles. The van der Waals surface area contributed by atoms with E-state index in [1.165, 1.54) is 12.1 Å². The summed E-state index contributed by atoms with van der Waals surface area (Å²) in [5, 5.41) is 3.60. The number of nitrogens with zero attached hydrogens (tertiary/aromatic N) is 2. The van der Waals surface area contributed by atoms with Gasteiger partial charge in [0, 0.05) is 31.9 Å². The van der Waals surface area contributed by atoms with Crippen LogP contribution >= 0.6 is 11.6 Å². The summed E-state index contributed by atoms with van der Waals surface area (Å²) in [5.74, 6) is -0.414. The number of nitrogens with one attached hydrogen (secondary N) is 1. The lowest BCUT2D eigenvalue weighted by atomic mass is 9.95. The van der Waals surface area contributed by atoms with Crippen LogP contribution in [-0.4, -0.2) is 44.0 Å². The fraction of sp³-hybridized carbons (Fsp3) is 0.381. The van der Waals surface area contributed by atoms with Crippen LogP contribution in [0.4, 0.5) is 15.8 Å². The number of benzene rings is 2. The first-order chi connectivity index (χ1) is 13.0. The lowest BCUT2D eigenvalue weighted by Gasteiger charge is -2.34. The molecule has 0 atom stereocenters. The maximum Gasteiger partial charge on any atom is 0.235 e. The summed E-state index contributed by atoms with van der Waals surface area (Å²) in [6, 6.07) is 12.0. The summed E-state index contributed by atoms with van der Waals surface area (Å²) < 4.78 is 13.6. The van der Waals surface area contributed by atoms with Crippen molar-refractivity contribution in [2.45, 2.75) is 18.3 Å². The molecule has 142 valence electrons. The van der Waals surface area contributed by atoms with Crippen LogP contribution in [0.5, 0.6) is 0 Å². The van der Waals surface area contributed by atoms with Crippen LogP contribution in [0, 0.1) is 5.82 Å². The van der Waals surface area contributed by atoms with Crippen LogP contribution in [0.2, 0.25) is 5.02 Å². The zero-order chi connectivity index (χ0) is 19.0. The Bertz CT molecular complexity index is 860. The summed E-state index contributed by atoms with van der Waals surface area (Å²) in [6.07, 6.45) is 1.46. The number of hydrogen-bond donors (Lipinski definition) is 1. The minimum Gasteiger partial charge on any atom is -0.368 e. The molecule has 1 heterocycles. The van der Waals surface area contributed by atoms with E-state index in [-0.39, 0.29) is 11.7 Å². The molecule has 2 fully saturated rings. The molecule has 1 saturated carbocycles. The quantitative estimate of drug-likeness (QED) is 0.864. The van der Waals surface area contributed by atoms with E-state index in [9.17, 15) is 9.18 Å². The number of piperazine rings is 1. The number of hydrogen-bond acceptors (Lipinski definition) is 3. The van der Waals surface area contributed by atoms with Gasteiger partial charge >= 0.3 is 0 Å². The zero-order valence-corrected chi connectivity index (χ0v) is 16.1. The molecule has 2 aliphatic rings. The minimum atomic E-state index is -0.620. The number of halogens is 2. The van der Waals surface area contributed by atoms with Crippen LogP contribution in [-0.2, 0) is 10.2 Å². The summed E-state index contributed by atoms with van der Waals surface area (Å²) >= 11 is 6.49. The maximum absolute atomic E-state index is 13.6. The van der Waals surface area contributed by atoms with Crippen LogP contribution in [0.1, 0.15) is 18.4 Å². The van der Waals surface area contributed by atoms with Gasteiger partial charge in [-0.3, -0.25) is 4.79 Å². The predicted molar refractivity (Wildman–Crippen MR) is 107 cm³/mol. The summed E-state index contributed by atoms with van der Waals surface area (Å²) in [7, 11) is 2.11. The van der Waals surface area contributed by atoms with Crippen molar-refractivity contribution in [2.75, 3.05) is 43.4 Å². The van der Waals surface area contributed by atoms with Crippen molar-refractivity contribution in [3.05, 3.63) is 58.9 Å². The van der Waals surface area contributed by atoms with E-state index < -0.39 is 5.41 Å². The normalized spacial score (nSPS) is 19.0. The number of anilines is 2. The number of amides is 1.